The maximum atomic E-state index is 11.1. The van der Waals surface area contributed by atoms with Crippen LogP contribution in [0.4, 0.5) is 0 Å². The second-order valence-corrected chi connectivity index (χ2v) is 5.90. The third kappa shape index (κ3) is 14.0. The molecule has 0 spiro atoms. The molecule has 30 heavy (non-hydrogen) atoms. The molecule has 0 unspecified atom stereocenters. The number of rotatable bonds is 13. The zero-order valence-corrected chi connectivity index (χ0v) is 17.3. The van der Waals surface area contributed by atoms with E-state index in [1.54, 1.807) is 20.8 Å². The first kappa shape index (κ1) is 30.1. The first-order chi connectivity index (χ1) is 14.1. The number of aliphatic hydroxyl groups is 5. The molecule has 0 aliphatic carbocycles. The second-order valence-electron chi connectivity index (χ2n) is 5.90. The highest BCUT2D eigenvalue weighted by molar-refractivity contribution is 5.70. The van der Waals surface area contributed by atoms with Gasteiger partial charge in [-0.25, -0.2) is 0 Å². The zero-order valence-electron chi connectivity index (χ0n) is 17.3. The molecule has 0 heterocycles. The molecule has 4 atom stereocenters. The molecular formula is C18H32O12. The Bertz CT molecular complexity index is 489. The molecule has 0 fully saturated rings. The van der Waals surface area contributed by atoms with E-state index < -0.39 is 55.0 Å². The summed E-state index contributed by atoms with van der Waals surface area (Å²) >= 11 is 0. The van der Waals surface area contributed by atoms with Gasteiger partial charge in [-0.1, -0.05) is 20.8 Å². The van der Waals surface area contributed by atoms with Crippen LogP contribution in [0.5, 0.6) is 0 Å². The smallest absolute Gasteiger partial charge is 0.306 e. The van der Waals surface area contributed by atoms with Gasteiger partial charge in [0.2, 0.25) is 0 Å². The number of aldehydes is 1. The van der Waals surface area contributed by atoms with E-state index in [-0.39, 0.29) is 38.8 Å². The minimum Gasteiger partial charge on any atom is -0.462 e. The van der Waals surface area contributed by atoms with Gasteiger partial charge in [-0.05, 0) is 0 Å². The lowest BCUT2D eigenvalue weighted by molar-refractivity contribution is -0.166. The Morgan fingerprint density at radius 3 is 1.57 bits per heavy atom. The Labute approximate surface area is 174 Å². The van der Waals surface area contributed by atoms with Crippen LogP contribution in [0.15, 0.2) is 0 Å². The van der Waals surface area contributed by atoms with Gasteiger partial charge in [-0.3, -0.25) is 14.4 Å². The lowest BCUT2D eigenvalue weighted by Gasteiger charge is -2.22. The number of hydrogen-bond donors (Lipinski definition) is 5. The van der Waals surface area contributed by atoms with E-state index in [9.17, 15) is 19.2 Å². The molecule has 5 N–H and O–H groups in total. The fourth-order valence-electron chi connectivity index (χ4n) is 1.58. The number of ether oxygens (including phenoxy) is 3. The van der Waals surface area contributed by atoms with Crippen LogP contribution in [0.1, 0.15) is 40.0 Å². The molecule has 0 saturated carbocycles. The first-order valence-corrected chi connectivity index (χ1v) is 9.36. The number of hydrogen-bond acceptors (Lipinski definition) is 12. The van der Waals surface area contributed by atoms with Gasteiger partial charge < -0.3 is 44.5 Å². The van der Waals surface area contributed by atoms with Crippen molar-refractivity contribution in [1.29, 1.82) is 0 Å². The lowest BCUT2D eigenvalue weighted by atomic mass is 10.0. The number of esters is 3. The third-order valence-corrected chi connectivity index (χ3v) is 3.45. The second kappa shape index (κ2) is 17.7. The van der Waals surface area contributed by atoms with Crippen LogP contribution in [0.3, 0.4) is 0 Å². The summed E-state index contributed by atoms with van der Waals surface area (Å²) in [5, 5.41) is 43.5. The Morgan fingerprint density at radius 1 is 0.800 bits per heavy atom. The van der Waals surface area contributed by atoms with Gasteiger partial charge in [0.05, 0.1) is 6.61 Å². The largest absolute Gasteiger partial charge is 0.462 e. The van der Waals surface area contributed by atoms with Crippen molar-refractivity contribution < 1.29 is 58.9 Å². The molecule has 0 aromatic heterocycles. The summed E-state index contributed by atoms with van der Waals surface area (Å²) in [6.07, 6.45) is -6.90. The van der Waals surface area contributed by atoms with E-state index in [4.69, 9.17) is 39.7 Å². The fraction of sp³-hybridized carbons (Fsp3) is 0.778. The SMILES string of the molecule is CCC(=O)OCC(COC(=O)CC)OC(=O)CC.O=C[C@H](O)[C@@H](O)[C@H](O)[C@H](O)CO. The fourth-order valence-corrected chi connectivity index (χ4v) is 1.58. The van der Waals surface area contributed by atoms with Crippen molar-refractivity contribution in [1.82, 2.24) is 0 Å². The Kier molecular flexibility index (Phi) is 17.8. The molecule has 12 heteroatoms. The lowest BCUT2D eigenvalue weighted by Crippen LogP contribution is -2.46. The summed E-state index contributed by atoms with van der Waals surface area (Å²) in [5.41, 5.74) is 0. The van der Waals surface area contributed by atoms with Gasteiger partial charge in [0.25, 0.3) is 0 Å². The molecule has 0 saturated heterocycles. The van der Waals surface area contributed by atoms with Gasteiger partial charge in [0.15, 0.2) is 12.4 Å². The summed E-state index contributed by atoms with van der Waals surface area (Å²) in [7, 11) is 0. The summed E-state index contributed by atoms with van der Waals surface area (Å²) in [6, 6.07) is 0. The highest BCUT2D eigenvalue weighted by Crippen LogP contribution is 2.03. The van der Waals surface area contributed by atoms with Gasteiger partial charge in [-0.2, -0.15) is 0 Å². The predicted octanol–water partition coefficient (Wildman–Crippen LogP) is -2.16. The molecule has 0 bridgehead atoms. The van der Waals surface area contributed by atoms with Crippen LogP contribution in [0, 0.1) is 0 Å². The third-order valence-electron chi connectivity index (χ3n) is 3.45. The van der Waals surface area contributed by atoms with E-state index in [1.807, 2.05) is 0 Å². The molecule has 0 aromatic carbocycles. The van der Waals surface area contributed by atoms with Crippen molar-refractivity contribution in [2.24, 2.45) is 0 Å². The molecule has 176 valence electrons. The van der Waals surface area contributed by atoms with Gasteiger partial charge in [0, 0.05) is 19.3 Å². The number of aliphatic hydroxyl groups excluding tert-OH is 5. The van der Waals surface area contributed by atoms with Gasteiger partial charge in [0.1, 0.15) is 37.6 Å². The van der Waals surface area contributed by atoms with E-state index >= 15 is 0 Å². The topological polar surface area (TPSA) is 197 Å². The molecule has 0 aliphatic rings. The number of carbonyl (C=O) groups is 4. The Morgan fingerprint density at radius 2 is 1.23 bits per heavy atom. The van der Waals surface area contributed by atoms with Crippen LogP contribution < -0.4 is 0 Å². The van der Waals surface area contributed by atoms with E-state index in [1.165, 1.54) is 0 Å². The highest BCUT2D eigenvalue weighted by atomic mass is 16.6. The molecule has 0 aromatic rings. The molecule has 0 rings (SSSR count). The van der Waals surface area contributed by atoms with Crippen molar-refractivity contribution in [3.05, 3.63) is 0 Å². The maximum absolute atomic E-state index is 11.1. The first-order valence-electron chi connectivity index (χ1n) is 9.36. The van der Waals surface area contributed by atoms with Crippen molar-refractivity contribution in [2.45, 2.75) is 70.6 Å². The number of carbonyl (C=O) groups excluding carboxylic acids is 4. The molecule has 0 aliphatic heterocycles. The highest BCUT2D eigenvalue weighted by Gasteiger charge is 2.29. The van der Waals surface area contributed by atoms with Crippen LogP contribution in [0.25, 0.3) is 0 Å². The average molecular weight is 440 g/mol. The monoisotopic (exact) mass is 440 g/mol. The van der Waals surface area contributed by atoms with E-state index in [0.29, 0.717) is 0 Å². The molecule has 12 nitrogen and oxygen atoms in total. The Hall–Kier alpha value is -2.12. The van der Waals surface area contributed by atoms with Crippen molar-refractivity contribution in [3.63, 3.8) is 0 Å². The van der Waals surface area contributed by atoms with Crippen molar-refractivity contribution >= 4 is 24.2 Å². The molecule has 0 amide bonds. The molecule has 0 radical (unpaired) electrons. The van der Waals surface area contributed by atoms with Crippen LogP contribution in [0.2, 0.25) is 0 Å². The standard InChI is InChI=1S/C12H20O6.C6H12O6/c1-4-10(13)16-7-9(18-12(15)6-3)8-17-11(14)5-2;7-1-3(9)5(11)6(12)4(10)2-8/h9H,4-8H2,1-3H3;1,3-6,8-12H,2H2/t;3-,4+,5+,6+/m.0/s1. The van der Waals surface area contributed by atoms with Crippen LogP contribution in [-0.4, -0.2) is 100 Å². The normalized spacial score (nSPS) is 14.4. The minimum atomic E-state index is -1.79. The molecular weight excluding hydrogens is 408 g/mol. The zero-order chi connectivity index (χ0) is 23.7. The van der Waals surface area contributed by atoms with Crippen LogP contribution >= 0.6 is 0 Å². The predicted molar refractivity (Wildman–Crippen MR) is 99.8 cm³/mol. The summed E-state index contributed by atoms with van der Waals surface area (Å²) in [4.78, 5) is 43.0. The van der Waals surface area contributed by atoms with Crippen LogP contribution in [-0.2, 0) is 33.4 Å². The summed E-state index contributed by atoms with van der Waals surface area (Å²) in [5.74, 6) is -1.22. The maximum Gasteiger partial charge on any atom is 0.306 e. The van der Waals surface area contributed by atoms with E-state index in [2.05, 4.69) is 0 Å². The van der Waals surface area contributed by atoms with Gasteiger partial charge >= 0.3 is 17.9 Å². The Balaban J connectivity index is 0. The van der Waals surface area contributed by atoms with E-state index in [0.717, 1.165) is 0 Å². The van der Waals surface area contributed by atoms with Crippen molar-refractivity contribution in [2.75, 3.05) is 19.8 Å². The quantitative estimate of drug-likeness (QED) is 0.118. The summed E-state index contributed by atoms with van der Waals surface area (Å²) in [6.45, 7) is 4.00. The average Bonchev–Trinajstić information content (AvgIpc) is 2.77. The summed E-state index contributed by atoms with van der Waals surface area (Å²) < 4.78 is 14.7. The minimum absolute atomic E-state index is 0.0258. The van der Waals surface area contributed by atoms with Gasteiger partial charge in [-0.15, -0.1) is 0 Å². The van der Waals surface area contributed by atoms with Crippen molar-refractivity contribution in [3.8, 4) is 0 Å².